The molecule has 5 nitrogen and oxygen atoms in total. The number of rotatable bonds is 8. The zero-order valence-electron chi connectivity index (χ0n) is 14.6. The van der Waals surface area contributed by atoms with Crippen molar-refractivity contribution in [1.29, 1.82) is 0 Å². The largest absolute Gasteiger partial charge is 0.493 e. The van der Waals surface area contributed by atoms with E-state index in [2.05, 4.69) is 38.1 Å². The zero-order valence-corrected chi connectivity index (χ0v) is 14.6. The van der Waals surface area contributed by atoms with E-state index in [4.69, 9.17) is 9.47 Å². The van der Waals surface area contributed by atoms with Crippen molar-refractivity contribution in [2.24, 2.45) is 5.41 Å². The van der Waals surface area contributed by atoms with Crippen LogP contribution in [0.4, 0.5) is 0 Å². The van der Waals surface area contributed by atoms with E-state index in [1.165, 1.54) is 0 Å². The zero-order chi connectivity index (χ0) is 16.0. The Morgan fingerprint density at radius 3 is 2.43 bits per heavy atom. The molecule has 0 spiro atoms. The quantitative estimate of drug-likeness (QED) is 0.801. The molecule has 1 aromatic rings. The molecule has 0 aromatic carbocycles. The highest BCUT2D eigenvalue weighted by molar-refractivity contribution is 5.29. The van der Waals surface area contributed by atoms with Crippen LogP contribution in [0.1, 0.15) is 52.8 Å². The Kier molecular flexibility index (Phi) is 6.68. The van der Waals surface area contributed by atoms with Gasteiger partial charge >= 0.3 is 0 Å². The third kappa shape index (κ3) is 4.20. The molecule has 2 unspecified atom stereocenters. The van der Waals surface area contributed by atoms with Gasteiger partial charge in [0.2, 0.25) is 0 Å². The fourth-order valence-electron chi connectivity index (χ4n) is 2.70. The molecule has 2 atom stereocenters. The van der Waals surface area contributed by atoms with Crippen LogP contribution in [-0.2, 0) is 11.3 Å². The highest BCUT2D eigenvalue weighted by atomic mass is 16.5. The van der Waals surface area contributed by atoms with Crippen molar-refractivity contribution in [3.63, 3.8) is 0 Å². The summed E-state index contributed by atoms with van der Waals surface area (Å²) in [5, 5.41) is 7.87. The normalized spacial score (nSPS) is 15.0. The van der Waals surface area contributed by atoms with Crippen molar-refractivity contribution < 1.29 is 9.47 Å². The van der Waals surface area contributed by atoms with Crippen LogP contribution in [0.15, 0.2) is 6.20 Å². The van der Waals surface area contributed by atoms with E-state index in [0.717, 1.165) is 24.4 Å². The Balaban J connectivity index is 3.26. The van der Waals surface area contributed by atoms with Crippen molar-refractivity contribution in [1.82, 2.24) is 15.1 Å². The third-order valence-corrected chi connectivity index (χ3v) is 3.61. The minimum atomic E-state index is 0.00993. The summed E-state index contributed by atoms with van der Waals surface area (Å²) in [5.41, 5.74) is 1.07. The lowest BCUT2D eigenvalue weighted by Gasteiger charge is -2.37. The smallest absolute Gasteiger partial charge is 0.161 e. The van der Waals surface area contributed by atoms with Crippen LogP contribution >= 0.6 is 0 Å². The Labute approximate surface area is 129 Å². The van der Waals surface area contributed by atoms with E-state index in [9.17, 15) is 0 Å². The van der Waals surface area contributed by atoms with E-state index in [1.807, 2.05) is 18.7 Å². The van der Waals surface area contributed by atoms with E-state index < -0.39 is 0 Å². The lowest BCUT2D eigenvalue weighted by atomic mass is 9.83. The molecule has 0 aliphatic carbocycles. The van der Waals surface area contributed by atoms with Crippen LogP contribution in [0, 0.1) is 5.41 Å². The summed E-state index contributed by atoms with van der Waals surface area (Å²) < 4.78 is 13.6. The number of aromatic nitrogens is 2. The van der Waals surface area contributed by atoms with Crippen molar-refractivity contribution in [3.05, 3.63) is 11.9 Å². The van der Waals surface area contributed by atoms with Gasteiger partial charge in [0.25, 0.3) is 0 Å². The molecule has 0 aliphatic heterocycles. The molecule has 0 bridgehead atoms. The fraction of sp³-hybridized carbons (Fsp3) is 0.812. The average Bonchev–Trinajstić information content (AvgIpc) is 2.81. The van der Waals surface area contributed by atoms with Gasteiger partial charge in [0.05, 0.1) is 31.1 Å². The van der Waals surface area contributed by atoms with E-state index in [0.29, 0.717) is 6.61 Å². The second-order valence-electron chi connectivity index (χ2n) is 6.33. The number of likely N-dealkylation sites (N-methyl/N-ethyl adjacent to an activating group) is 1. The van der Waals surface area contributed by atoms with Crippen LogP contribution in [0.3, 0.4) is 0 Å². The van der Waals surface area contributed by atoms with Crippen LogP contribution in [-0.4, -0.2) is 36.6 Å². The van der Waals surface area contributed by atoms with E-state index in [-0.39, 0.29) is 17.6 Å². The summed E-state index contributed by atoms with van der Waals surface area (Å²) in [6, 6.07) is 0.0361. The van der Waals surface area contributed by atoms with Crippen molar-refractivity contribution in [2.45, 2.75) is 59.7 Å². The molecule has 1 heterocycles. The molecule has 0 saturated carbocycles. The molecular formula is C16H31N3O2. The lowest BCUT2D eigenvalue weighted by molar-refractivity contribution is -0.0372. The number of ether oxygens (including phenoxy) is 2. The monoisotopic (exact) mass is 297 g/mol. The number of hydrogen-bond donors (Lipinski definition) is 1. The van der Waals surface area contributed by atoms with Crippen molar-refractivity contribution in [3.8, 4) is 5.75 Å². The maximum Gasteiger partial charge on any atom is 0.161 e. The van der Waals surface area contributed by atoms with Crippen molar-refractivity contribution in [2.75, 3.05) is 20.8 Å². The maximum atomic E-state index is 6.06. The number of methoxy groups -OCH3 is 1. The second-order valence-corrected chi connectivity index (χ2v) is 6.33. The first-order valence-corrected chi connectivity index (χ1v) is 7.79. The molecule has 0 fully saturated rings. The third-order valence-electron chi connectivity index (χ3n) is 3.61. The Bertz CT molecular complexity index is 424. The summed E-state index contributed by atoms with van der Waals surface area (Å²) in [6.07, 6.45) is 2.86. The molecule has 21 heavy (non-hydrogen) atoms. The molecule has 122 valence electrons. The molecular weight excluding hydrogens is 266 g/mol. The molecule has 1 N–H and O–H groups in total. The van der Waals surface area contributed by atoms with E-state index >= 15 is 0 Å². The molecule has 5 heteroatoms. The predicted molar refractivity (Wildman–Crippen MR) is 85.7 cm³/mol. The molecule has 0 aliphatic rings. The van der Waals surface area contributed by atoms with Gasteiger partial charge in [0, 0.05) is 13.2 Å². The van der Waals surface area contributed by atoms with Gasteiger partial charge in [-0.05, 0) is 25.8 Å². The van der Waals surface area contributed by atoms with Crippen LogP contribution < -0.4 is 10.1 Å². The van der Waals surface area contributed by atoms with Gasteiger partial charge in [-0.15, -0.1) is 0 Å². The van der Waals surface area contributed by atoms with Gasteiger partial charge < -0.3 is 14.8 Å². The number of hydrogen-bond acceptors (Lipinski definition) is 4. The minimum absolute atomic E-state index is 0.00993. The minimum Gasteiger partial charge on any atom is -0.493 e. The molecule has 1 aromatic heterocycles. The summed E-state index contributed by atoms with van der Waals surface area (Å²) in [4.78, 5) is 0. The summed E-state index contributed by atoms with van der Waals surface area (Å²) in [6.45, 7) is 12.3. The molecule has 0 amide bonds. The Morgan fingerprint density at radius 1 is 1.33 bits per heavy atom. The number of aryl methyl sites for hydroxylation is 1. The van der Waals surface area contributed by atoms with Crippen LogP contribution in [0.25, 0.3) is 0 Å². The van der Waals surface area contributed by atoms with Gasteiger partial charge in [-0.3, -0.25) is 4.68 Å². The molecule has 0 radical (unpaired) electrons. The maximum absolute atomic E-state index is 6.06. The summed E-state index contributed by atoms with van der Waals surface area (Å²) in [5.74, 6) is 0.816. The first-order chi connectivity index (χ1) is 9.90. The van der Waals surface area contributed by atoms with Gasteiger partial charge in [-0.1, -0.05) is 27.7 Å². The van der Waals surface area contributed by atoms with Gasteiger partial charge in [0.15, 0.2) is 5.75 Å². The summed E-state index contributed by atoms with van der Waals surface area (Å²) >= 11 is 0. The first-order valence-electron chi connectivity index (χ1n) is 7.79. The van der Waals surface area contributed by atoms with Crippen LogP contribution in [0.2, 0.25) is 0 Å². The Morgan fingerprint density at radius 2 is 2.00 bits per heavy atom. The fourth-order valence-corrected chi connectivity index (χ4v) is 2.70. The second kappa shape index (κ2) is 7.80. The average molecular weight is 297 g/mol. The Hall–Kier alpha value is -1.07. The first kappa shape index (κ1) is 18.0. The lowest BCUT2D eigenvalue weighted by Crippen LogP contribution is -2.42. The highest BCUT2D eigenvalue weighted by Crippen LogP contribution is 2.36. The van der Waals surface area contributed by atoms with E-state index in [1.54, 1.807) is 13.3 Å². The topological polar surface area (TPSA) is 48.3 Å². The van der Waals surface area contributed by atoms with Crippen molar-refractivity contribution >= 4 is 0 Å². The standard InChI is InChI=1S/C16H31N3O2/c1-8-10-19-14(12(20-7)11-18-19)13(17-6)15(21-9-2)16(3,4)5/h11,13,15,17H,8-10H2,1-7H3. The molecule has 0 saturated heterocycles. The predicted octanol–water partition coefficient (Wildman–Crippen LogP) is 3.01. The summed E-state index contributed by atoms with van der Waals surface area (Å²) in [7, 11) is 3.65. The molecule has 1 rings (SSSR count). The van der Waals surface area contributed by atoms with Gasteiger partial charge in [-0.25, -0.2) is 0 Å². The van der Waals surface area contributed by atoms with Gasteiger partial charge in [-0.2, -0.15) is 5.10 Å². The number of nitrogens with one attached hydrogen (secondary N) is 1. The SMILES string of the molecule is CCCn1ncc(OC)c1C(NC)C(OCC)C(C)(C)C. The number of nitrogens with zero attached hydrogens (tertiary/aromatic N) is 2. The van der Waals surface area contributed by atoms with Crippen LogP contribution in [0.5, 0.6) is 5.75 Å². The van der Waals surface area contributed by atoms with Gasteiger partial charge in [0.1, 0.15) is 0 Å². The highest BCUT2D eigenvalue weighted by Gasteiger charge is 2.36.